The monoisotopic (exact) mass is 358 g/mol. The van der Waals surface area contributed by atoms with E-state index in [0.29, 0.717) is 22.6 Å². The molecule has 1 fully saturated rings. The molecule has 2 aromatic rings. The maximum atomic E-state index is 13.1. The third-order valence-corrected chi connectivity index (χ3v) is 4.35. The topological polar surface area (TPSA) is 66.5 Å². The van der Waals surface area contributed by atoms with Gasteiger partial charge in [0, 0.05) is 13.2 Å². The van der Waals surface area contributed by atoms with Crippen LogP contribution >= 0.6 is 0 Å². The number of benzene rings is 2. The molecule has 138 valence electrons. The summed E-state index contributed by atoms with van der Waals surface area (Å²) < 4.78 is 26.8. The summed E-state index contributed by atoms with van der Waals surface area (Å²) in [4.78, 5) is 13.1. The molecule has 0 aromatic heterocycles. The largest absolute Gasteiger partial charge is 0.497 e. The van der Waals surface area contributed by atoms with Gasteiger partial charge in [0.25, 0.3) is 0 Å². The van der Waals surface area contributed by atoms with Crippen molar-refractivity contribution in [1.82, 2.24) is 0 Å². The van der Waals surface area contributed by atoms with E-state index in [4.69, 9.17) is 23.7 Å². The third kappa shape index (κ3) is 3.52. The van der Waals surface area contributed by atoms with Crippen LogP contribution < -0.4 is 14.2 Å². The minimum atomic E-state index is -0.540. The quantitative estimate of drug-likeness (QED) is 0.533. The lowest BCUT2D eigenvalue weighted by atomic mass is 9.97. The van der Waals surface area contributed by atoms with E-state index in [9.17, 15) is 4.79 Å². The molecular weight excluding hydrogens is 336 g/mol. The minimum Gasteiger partial charge on any atom is -0.497 e. The molecule has 0 spiro atoms. The maximum absolute atomic E-state index is 13.1. The van der Waals surface area contributed by atoms with E-state index in [1.54, 1.807) is 33.5 Å². The van der Waals surface area contributed by atoms with Crippen molar-refractivity contribution in [2.75, 3.05) is 28.4 Å². The van der Waals surface area contributed by atoms with Gasteiger partial charge in [-0.05, 0) is 29.3 Å². The van der Waals surface area contributed by atoms with Crippen LogP contribution in [0.25, 0.3) is 0 Å². The Balaban J connectivity index is 1.87. The van der Waals surface area contributed by atoms with Crippen LogP contribution in [0.4, 0.5) is 0 Å². The lowest BCUT2D eigenvalue weighted by molar-refractivity contribution is 0.0945. The van der Waals surface area contributed by atoms with E-state index in [-0.39, 0.29) is 18.5 Å². The van der Waals surface area contributed by atoms with Crippen LogP contribution in [0.2, 0.25) is 0 Å². The first-order valence-corrected chi connectivity index (χ1v) is 8.20. The lowest BCUT2D eigenvalue weighted by Crippen LogP contribution is -2.14. The smallest absolute Gasteiger partial charge is 0.198 e. The fourth-order valence-corrected chi connectivity index (χ4v) is 2.97. The number of hydrogen-bond donors (Lipinski definition) is 0. The van der Waals surface area contributed by atoms with Gasteiger partial charge in [0.05, 0.1) is 33.5 Å². The lowest BCUT2D eigenvalue weighted by Gasteiger charge is -2.14. The zero-order valence-corrected chi connectivity index (χ0v) is 15.3. The standard InChI is InChI=1S/C20H22O6/c1-22-11-13-9-15(24-3)10-16(25-4)17(13)18(21)20-19(26-20)12-5-7-14(23-2)8-6-12/h5-10,19-20H,11H2,1-4H3/t19-,20-/m0/s1. The van der Waals surface area contributed by atoms with Gasteiger partial charge in [-0.15, -0.1) is 0 Å². The first-order chi connectivity index (χ1) is 12.6. The van der Waals surface area contributed by atoms with Crippen molar-refractivity contribution in [3.8, 4) is 17.2 Å². The van der Waals surface area contributed by atoms with Crippen molar-refractivity contribution < 1.29 is 28.5 Å². The second-order valence-corrected chi connectivity index (χ2v) is 5.91. The molecule has 2 atom stereocenters. The minimum absolute atomic E-state index is 0.127. The molecule has 0 N–H and O–H groups in total. The van der Waals surface area contributed by atoms with Gasteiger partial charge < -0.3 is 23.7 Å². The number of hydrogen-bond acceptors (Lipinski definition) is 6. The molecule has 2 aromatic carbocycles. The van der Waals surface area contributed by atoms with Crippen LogP contribution in [0.5, 0.6) is 17.2 Å². The Morgan fingerprint density at radius 2 is 1.65 bits per heavy atom. The van der Waals surface area contributed by atoms with E-state index in [1.165, 1.54) is 7.11 Å². The summed E-state index contributed by atoms with van der Waals surface area (Å²) in [6, 6.07) is 11.0. The highest BCUT2D eigenvalue weighted by molar-refractivity contribution is 6.05. The summed E-state index contributed by atoms with van der Waals surface area (Å²) in [6.45, 7) is 0.272. The Morgan fingerprint density at radius 3 is 2.23 bits per heavy atom. The van der Waals surface area contributed by atoms with Gasteiger partial charge in [-0.3, -0.25) is 4.79 Å². The Morgan fingerprint density at radius 1 is 0.962 bits per heavy atom. The van der Waals surface area contributed by atoms with Crippen molar-refractivity contribution in [1.29, 1.82) is 0 Å². The van der Waals surface area contributed by atoms with Crippen molar-refractivity contribution in [2.24, 2.45) is 0 Å². The van der Waals surface area contributed by atoms with Crippen LogP contribution in [0, 0.1) is 0 Å². The van der Waals surface area contributed by atoms with Gasteiger partial charge in [-0.25, -0.2) is 0 Å². The maximum Gasteiger partial charge on any atom is 0.198 e. The van der Waals surface area contributed by atoms with Gasteiger partial charge in [-0.2, -0.15) is 0 Å². The van der Waals surface area contributed by atoms with E-state index >= 15 is 0 Å². The van der Waals surface area contributed by atoms with Gasteiger partial charge >= 0.3 is 0 Å². The fourth-order valence-electron chi connectivity index (χ4n) is 2.97. The molecule has 0 bridgehead atoms. The van der Waals surface area contributed by atoms with E-state index in [2.05, 4.69) is 0 Å². The number of Topliss-reactive ketones (excluding diaryl/α,β-unsaturated/α-hetero) is 1. The van der Waals surface area contributed by atoms with Crippen molar-refractivity contribution in [3.05, 3.63) is 53.1 Å². The van der Waals surface area contributed by atoms with E-state index in [1.807, 2.05) is 24.3 Å². The predicted octanol–water partition coefficient (Wildman–Crippen LogP) is 3.18. The molecule has 1 heterocycles. The normalized spacial score (nSPS) is 18.3. The van der Waals surface area contributed by atoms with Gasteiger partial charge in [0.15, 0.2) is 11.9 Å². The van der Waals surface area contributed by atoms with Crippen LogP contribution in [0.15, 0.2) is 36.4 Å². The molecule has 1 aliphatic heterocycles. The number of epoxide rings is 1. The Bertz CT molecular complexity index is 784. The second kappa shape index (κ2) is 7.76. The molecule has 1 aliphatic rings. The highest BCUT2D eigenvalue weighted by Gasteiger charge is 2.47. The zero-order chi connectivity index (χ0) is 18.7. The summed E-state index contributed by atoms with van der Waals surface area (Å²) in [6.07, 6.45) is -0.808. The highest BCUT2D eigenvalue weighted by atomic mass is 16.6. The average Bonchev–Trinajstić information content (AvgIpc) is 3.48. The van der Waals surface area contributed by atoms with Crippen LogP contribution in [0.3, 0.4) is 0 Å². The average molecular weight is 358 g/mol. The summed E-state index contributed by atoms with van der Waals surface area (Å²) in [5.41, 5.74) is 2.11. The highest BCUT2D eigenvalue weighted by Crippen LogP contribution is 2.43. The number of ether oxygens (including phenoxy) is 5. The number of carbonyl (C=O) groups is 1. The summed E-state index contributed by atoms with van der Waals surface area (Å²) in [5.74, 6) is 1.69. The molecule has 6 heteroatoms. The molecule has 26 heavy (non-hydrogen) atoms. The second-order valence-electron chi connectivity index (χ2n) is 5.91. The van der Waals surface area contributed by atoms with Crippen molar-refractivity contribution in [2.45, 2.75) is 18.8 Å². The Labute approximate surface area is 152 Å². The molecular formula is C20H22O6. The molecule has 3 rings (SSSR count). The summed E-state index contributed by atoms with van der Waals surface area (Å²) >= 11 is 0. The first kappa shape index (κ1) is 18.2. The van der Waals surface area contributed by atoms with Crippen molar-refractivity contribution >= 4 is 5.78 Å². The Hall–Kier alpha value is -2.57. The molecule has 0 aliphatic carbocycles. The van der Waals surface area contributed by atoms with Crippen LogP contribution in [-0.4, -0.2) is 40.3 Å². The molecule has 0 unspecified atom stereocenters. The number of methoxy groups -OCH3 is 4. The number of ketones is 1. The van der Waals surface area contributed by atoms with E-state index < -0.39 is 6.10 Å². The molecule has 6 nitrogen and oxygen atoms in total. The fraction of sp³-hybridized carbons (Fsp3) is 0.350. The van der Waals surface area contributed by atoms with Gasteiger partial charge in [0.2, 0.25) is 0 Å². The van der Waals surface area contributed by atoms with Gasteiger partial charge in [0.1, 0.15) is 23.4 Å². The number of rotatable bonds is 8. The van der Waals surface area contributed by atoms with E-state index in [0.717, 1.165) is 11.3 Å². The predicted molar refractivity (Wildman–Crippen MR) is 95.2 cm³/mol. The van der Waals surface area contributed by atoms with Crippen LogP contribution in [0.1, 0.15) is 27.6 Å². The zero-order valence-electron chi connectivity index (χ0n) is 15.3. The first-order valence-electron chi connectivity index (χ1n) is 8.20. The molecule has 0 radical (unpaired) electrons. The summed E-state index contributed by atoms with van der Waals surface area (Å²) in [7, 11) is 6.28. The Kier molecular flexibility index (Phi) is 5.44. The molecule has 1 saturated heterocycles. The molecule has 0 amide bonds. The summed E-state index contributed by atoms with van der Waals surface area (Å²) in [5, 5.41) is 0. The van der Waals surface area contributed by atoms with Crippen molar-refractivity contribution in [3.63, 3.8) is 0 Å². The third-order valence-electron chi connectivity index (χ3n) is 4.35. The van der Waals surface area contributed by atoms with Gasteiger partial charge in [-0.1, -0.05) is 12.1 Å². The molecule has 0 saturated carbocycles. The van der Waals surface area contributed by atoms with Crippen LogP contribution in [-0.2, 0) is 16.1 Å². The number of carbonyl (C=O) groups excluding carboxylic acids is 1. The SMILES string of the molecule is COCc1cc(OC)cc(OC)c1C(=O)[C@@H]1O[C@H]1c1ccc(OC)cc1.